The van der Waals surface area contributed by atoms with Crippen LogP contribution < -0.4 is 4.90 Å². The van der Waals surface area contributed by atoms with E-state index in [-0.39, 0.29) is 5.41 Å². The molecule has 2 rings (SSSR count). The first kappa shape index (κ1) is 15.7. The van der Waals surface area contributed by atoms with Crippen LogP contribution in [0.25, 0.3) is 0 Å². The van der Waals surface area contributed by atoms with E-state index < -0.39 is 23.3 Å². The summed E-state index contributed by atoms with van der Waals surface area (Å²) in [6.07, 6.45) is -2.80. The molecule has 0 unspecified atom stereocenters. The van der Waals surface area contributed by atoms with Crippen LogP contribution in [0.4, 0.5) is 18.9 Å². The number of aromatic carboxylic acids is 1. The molecule has 1 N–H and O–H groups in total. The molecule has 1 aromatic carbocycles. The summed E-state index contributed by atoms with van der Waals surface area (Å²) in [5.74, 6) is -1.55. The Labute approximate surface area is 121 Å². The van der Waals surface area contributed by atoms with Gasteiger partial charge in [0.15, 0.2) is 0 Å². The van der Waals surface area contributed by atoms with Crippen LogP contribution in [-0.2, 0) is 6.18 Å². The number of nitrogens with zero attached hydrogens (tertiary/aromatic N) is 1. The Morgan fingerprint density at radius 3 is 2.29 bits per heavy atom. The largest absolute Gasteiger partial charge is 0.478 e. The number of halogens is 3. The van der Waals surface area contributed by atoms with Crippen molar-refractivity contribution in [1.29, 1.82) is 0 Å². The molecule has 0 amide bonds. The number of carboxylic acid groups (broad SMARTS) is 1. The fraction of sp³-hybridized carbons (Fsp3) is 0.533. The molecule has 3 nitrogen and oxygen atoms in total. The highest BCUT2D eigenvalue weighted by molar-refractivity contribution is 5.91. The maximum absolute atomic E-state index is 12.8. The van der Waals surface area contributed by atoms with Crippen molar-refractivity contribution in [3.8, 4) is 0 Å². The first-order valence-electron chi connectivity index (χ1n) is 6.80. The molecule has 1 saturated heterocycles. The number of anilines is 1. The Kier molecular flexibility index (Phi) is 3.91. The van der Waals surface area contributed by atoms with Crippen LogP contribution in [0.5, 0.6) is 0 Å². The van der Waals surface area contributed by atoms with Gasteiger partial charge in [-0.25, -0.2) is 4.79 Å². The minimum Gasteiger partial charge on any atom is -0.478 e. The number of hydrogen-bond donors (Lipinski definition) is 1. The van der Waals surface area contributed by atoms with Gasteiger partial charge in [-0.2, -0.15) is 13.2 Å². The zero-order chi connectivity index (χ0) is 15.8. The molecule has 1 aliphatic heterocycles. The van der Waals surface area contributed by atoms with Crippen molar-refractivity contribution in [3.63, 3.8) is 0 Å². The van der Waals surface area contributed by atoms with Gasteiger partial charge < -0.3 is 10.0 Å². The topological polar surface area (TPSA) is 40.5 Å². The van der Waals surface area contributed by atoms with E-state index in [0.717, 1.165) is 38.1 Å². The monoisotopic (exact) mass is 301 g/mol. The zero-order valence-electron chi connectivity index (χ0n) is 12.0. The molecule has 0 atom stereocenters. The van der Waals surface area contributed by atoms with Crippen molar-refractivity contribution in [2.75, 3.05) is 18.0 Å². The second-order valence-electron chi connectivity index (χ2n) is 6.18. The lowest BCUT2D eigenvalue weighted by atomic mass is 9.82. The lowest BCUT2D eigenvalue weighted by Gasteiger charge is -2.38. The summed E-state index contributed by atoms with van der Waals surface area (Å²) in [6, 6.07) is 3.34. The van der Waals surface area contributed by atoms with Gasteiger partial charge in [0.2, 0.25) is 0 Å². The Morgan fingerprint density at radius 2 is 1.81 bits per heavy atom. The third kappa shape index (κ3) is 3.49. The van der Waals surface area contributed by atoms with Crippen molar-refractivity contribution in [2.45, 2.75) is 32.9 Å². The third-order valence-electron chi connectivity index (χ3n) is 4.02. The van der Waals surface area contributed by atoms with E-state index in [0.29, 0.717) is 5.69 Å². The Balaban J connectivity index is 2.31. The predicted molar refractivity (Wildman–Crippen MR) is 73.6 cm³/mol. The van der Waals surface area contributed by atoms with E-state index in [4.69, 9.17) is 5.11 Å². The Hall–Kier alpha value is -1.72. The third-order valence-corrected chi connectivity index (χ3v) is 4.02. The minimum absolute atomic E-state index is 0.220. The predicted octanol–water partition coefficient (Wildman–Crippen LogP) is 4.03. The molecule has 0 aromatic heterocycles. The van der Waals surface area contributed by atoms with Crippen LogP contribution in [0.2, 0.25) is 0 Å². The molecule has 116 valence electrons. The van der Waals surface area contributed by atoms with E-state index in [9.17, 15) is 18.0 Å². The number of alkyl halides is 3. The molecule has 1 heterocycles. The zero-order valence-corrected chi connectivity index (χ0v) is 12.0. The van der Waals surface area contributed by atoms with Gasteiger partial charge >= 0.3 is 12.1 Å². The standard InChI is InChI=1S/C15H18F3NO2/c1-14(2)5-7-19(8-6-14)10-3-4-12(15(16,17)18)11(9-10)13(20)21/h3-4,9H,5-8H2,1-2H3,(H,20,21). The number of hydrogen-bond acceptors (Lipinski definition) is 2. The highest BCUT2D eigenvalue weighted by Gasteiger charge is 2.36. The molecule has 0 saturated carbocycles. The fourth-order valence-corrected chi connectivity index (χ4v) is 2.52. The molecule has 0 bridgehead atoms. The SMILES string of the molecule is CC1(C)CCN(c2ccc(C(F)(F)F)c(C(=O)O)c2)CC1. The summed E-state index contributed by atoms with van der Waals surface area (Å²) in [4.78, 5) is 13.0. The fourth-order valence-electron chi connectivity index (χ4n) is 2.52. The highest BCUT2D eigenvalue weighted by Crippen LogP contribution is 2.36. The molecule has 6 heteroatoms. The van der Waals surface area contributed by atoms with E-state index in [2.05, 4.69) is 13.8 Å². The Bertz CT molecular complexity index is 542. The van der Waals surface area contributed by atoms with Crippen LogP contribution in [0.15, 0.2) is 18.2 Å². The lowest BCUT2D eigenvalue weighted by molar-refractivity contribution is -0.138. The summed E-state index contributed by atoms with van der Waals surface area (Å²) >= 11 is 0. The number of carbonyl (C=O) groups is 1. The van der Waals surface area contributed by atoms with Crippen molar-refractivity contribution >= 4 is 11.7 Å². The van der Waals surface area contributed by atoms with Crippen molar-refractivity contribution in [2.24, 2.45) is 5.41 Å². The molecule has 1 fully saturated rings. The summed E-state index contributed by atoms with van der Waals surface area (Å²) in [7, 11) is 0. The van der Waals surface area contributed by atoms with Gasteiger partial charge in [-0.1, -0.05) is 13.8 Å². The van der Waals surface area contributed by atoms with Crippen LogP contribution in [0, 0.1) is 5.41 Å². The molecular formula is C15H18F3NO2. The number of piperidine rings is 1. The van der Waals surface area contributed by atoms with Gasteiger partial charge in [-0.05, 0) is 36.5 Å². The highest BCUT2D eigenvalue weighted by atomic mass is 19.4. The molecule has 0 aliphatic carbocycles. The first-order valence-corrected chi connectivity index (χ1v) is 6.80. The normalized spacial score (nSPS) is 18.6. The summed E-state index contributed by atoms with van der Waals surface area (Å²) in [5, 5.41) is 9.02. The van der Waals surface area contributed by atoms with Gasteiger partial charge in [-0.3, -0.25) is 0 Å². The van der Waals surface area contributed by atoms with E-state index >= 15 is 0 Å². The quantitative estimate of drug-likeness (QED) is 0.896. The number of carboxylic acids is 1. The minimum atomic E-state index is -4.66. The van der Waals surface area contributed by atoms with Crippen molar-refractivity contribution < 1.29 is 23.1 Å². The van der Waals surface area contributed by atoms with Crippen LogP contribution in [0.1, 0.15) is 42.6 Å². The molecule has 0 radical (unpaired) electrons. The summed E-state index contributed by atoms with van der Waals surface area (Å²) in [6.45, 7) is 5.74. The molecule has 21 heavy (non-hydrogen) atoms. The van der Waals surface area contributed by atoms with E-state index in [1.807, 2.05) is 4.90 Å². The number of rotatable bonds is 2. The van der Waals surface area contributed by atoms with Crippen LogP contribution >= 0.6 is 0 Å². The van der Waals surface area contributed by atoms with Crippen molar-refractivity contribution in [1.82, 2.24) is 0 Å². The average molecular weight is 301 g/mol. The molecular weight excluding hydrogens is 283 g/mol. The van der Waals surface area contributed by atoms with Gasteiger partial charge in [0, 0.05) is 18.8 Å². The maximum atomic E-state index is 12.8. The number of benzene rings is 1. The van der Waals surface area contributed by atoms with Gasteiger partial charge in [-0.15, -0.1) is 0 Å². The van der Waals surface area contributed by atoms with Gasteiger partial charge in [0.25, 0.3) is 0 Å². The summed E-state index contributed by atoms with van der Waals surface area (Å²) < 4.78 is 38.4. The van der Waals surface area contributed by atoms with E-state index in [1.165, 1.54) is 6.07 Å². The molecule has 1 aromatic rings. The van der Waals surface area contributed by atoms with E-state index in [1.54, 1.807) is 0 Å². The second-order valence-corrected chi connectivity index (χ2v) is 6.18. The van der Waals surface area contributed by atoms with Gasteiger partial charge in [0.1, 0.15) is 0 Å². The molecule has 1 aliphatic rings. The first-order chi connectivity index (χ1) is 9.60. The average Bonchev–Trinajstić information content (AvgIpc) is 2.37. The second kappa shape index (κ2) is 5.24. The smallest absolute Gasteiger partial charge is 0.417 e. The molecule has 0 spiro atoms. The summed E-state index contributed by atoms with van der Waals surface area (Å²) in [5.41, 5.74) is -1.03. The lowest BCUT2D eigenvalue weighted by Crippen LogP contribution is -2.37. The van der Waals surface area contributed by atoms with Crippen LogP contribution in [0.3, 0.4) is 0 Å². The maximum Gasteiger partial charge on any atom is 0.417 e. The van der Waals surface area contributed by atoms with Crippen LogP contribution in [-0.4, -0.2) is 24.2 Å². The Morgan fingerprint density at radius 1 is 1.24 bits per heavy atom. The van der Waals surface area contributed by atoms with Gasteiger partial charge in [0.05, 0.1) is 11.1 Å². The van der Waals surface area contributed by atoms with Crippen molar-refractivity contribution in [3.05, 3.63) is 29.3 Å².